The van der Waals surface area contributed by atoms with Crippen molar-refractivity contribution in [2.45, 2.75) is 18.6 Å². The van der Waals surface area contributed by atoms with Crippen LogP contribution in [0.25, 0.3) is 11.3 Å². The summed E-state index contributed by atoms with van der Waals surface area (Å²) < 4.78 is 17.2. The number of benzene rings is 1. The van der Waals surface area contributed by atoms with Gasteiger partial charge in [-0.25, -0.2) is 0 Å². The maximum atomic E-state index is 11.2. The highest BCUT2D eigenvalue weighted by molar-refractivity contribution is 7.80. The minimum absolute atomic E-state index is 0.0578. The number of nitrogens with one attached hydrogen (secondary N) is 1. The third kappa shape index (κ3) is 3.99. The molecule has 34 heavy (non-hydrogen) atoms. The number of hydrogen-bond donors (Lipinski definition) is 1. The number of non-ortho nitro benzene ring substituents is 1. The summed E-state index contributed by atoms with van der Waals surface area (Å²) in [5.41, 5.74) is 1.38. The van der Waals surface area contributed by atoms with Crippen molar-refractivity contribution in [2.24, 2.45) is 0 Å². The van der Waals surface area contributed by atoms with Gasteiger partial charge in [0.25, 0.3) is 5.69 Å². The highest BCUT2D eigenvalue weighted by Crippen LogP contribution is 2.42. The van der Waals surface area contributed by atoms with Crippen molar-refractivity contribution in [3.8, 4) is 17.1 Å². The summed E-state index contributed by atoms with van der Waals surface area (Å²) in [5.74, 6) is 2.30. The Balaban J connectivity index is 1.54. The van der Waals surface area contributed by atoms with E-state index in [1.807, 2.05) is 47.4 Å². The molecule has 1 aliphatic heterocycles. The van der Waals surface area contributed by atoms with Gasteiger partial charge >= 0.3 is 0 Å². The van der Waals surface area contributed by atoms with Gasteiger partial charge in [0.15, 0.2) is 5.11 Å². The van der Waals surface area contributed by atoms with E-state index in [9.17, 15) is 10.1 Å². The SMILES string of the molecule is COc1cc([N+](=O)[O-])ccc1-c1ccc([C@@H]2[C@@H](c3ccccn3)NC(=S)N2Cc2ccco2)o1. The number of hydrogen-bond acceptors (Lipinski definition) is 7. The summed E-state index contributed by atoms with van der Waals surface area (Å²) >= 11 is 5.67. The van der Waals surface area contributed by atoms with E-state index in [0.29, 0.717) is 34.5 Å². The van der Waals surface area contributed by atoms with E-state index >= 15 is 0 Å². The zero-order valence-electron chi connectivity index (χ0n) is 18.1. The van der Waals surface area contributed by atoms with Crippen molar-refractivity contribution >= 4 is 23.0 Å². The molecule has 5 rings (SSSR count). The zero-order valence-corrected chi connectivity index (χ0v) is 18.9. The van der Waals surface area contributed by atoms with Gasteiger partial charge in [-0.3, -0.25) is 15.1 Å². The fourth-order valence-electron chi connectivity index (χ4n) is 4.11. The molecule has 10 heteroatoms. The van der Waals surface area contributed by atoms with Crippen LogP contribution in [0.4, 0.5) is 5.69 Å². The van der Waals surface area contributed by atoms with Crippen molar-refractivity contribution in [1.29, 1.82) is 0 Å². The molecule has 0 unspecified atom stereocenters. The molecule has 3 aromatic heterocycles. The molecule has 1 saturated heterocycles. The average molecular weight is 477 g/mol. The Bertz CT molecular complexity index is 1320. The number of thiocarbonyl (C=S) groups is 1. The normalized spacial score (nSPS) is 17.6. The van der Waals surface area contributed by atoms with Crippen LogP contribution in [-0.2, 0) is 6.54 Å². The molecule has 9 nitrogen and oxygen atoms in total. The molecule has 4 heterocycles. The zero-order chi connectivity index (χ0) is 23.7. The Morgan fingerprint density at radius 2 is 2.09 bits per heavy atom. The Hall–Kier alpha value is -4.18. The third-order valence-corrected chi connectivity index (χ3v) is 6.04. The van der Waals surface area contributed by atoms with Crippen molar-refractivity contribution in [3.05, 3.63) is 100 Å². The molecule has 2 atom stereocenters. The van der Waals surface area contributed by atoms with Crippen LogP contribution in [0.1, 0.15) is 29.3 Å². The molecule has 0 radical (unpaired) electrons. The van der Waals surface area contributed by atoms with Crippen LogP contribution in [0, 0.1) is 10.1 Å². The smallest absolute Gasteiger partial charge is 0.273 e. The second kappa shape index (κ2) is 8.99. The van der Waals surface area contributed by atoms with Crippen molar-refractivity contribution in [1.82, 2.24) is 15.2 Å². The number of rotatable bonds is 7. The number of pyridine rings is 1. The van der Waals surface area contributed by atoms with E-state index in [-0.39, 0.29) is 17.8 Å². The van der Waals surface area contributed by atoms with Gasteiger partial charge in [-0.15, -0.1) is 0 Å². The number of ether oxygens (including phenoxy) is 1. The summed E-state index contributed by atoms with van der Waals surface area (Å²) in [6, 6.07) is 17.0. The Morgan fingerprint density at radius 3 is 2.79 bits per heavy atom. The van der Waals surface area contributed by atoms with Gasteiger partial charge in [0.05, 0.1) is 48.2 Å². The van der Waals surface area contributed by atoms with Gasteiger partial charge in [0, 0.05) is 12.3 Å². The molecule has 0 amide bonds. The topological polar surface area (TPSA) is 107 Å². The van der Waals surface area contributed by atoms with E-state index in [1.54, 1.807) is 18.5 Å². The third-order valence-electron chi connectivity index (χ3n) is 5.68. The second-order valence-corrected chi connectivity index (χ2v) is 8.06. The van der Waals surface area contributed by atoms with Crippen LogP contribution in [-0.4, -0.2) is 27.0 Å². The highest BCUT2D eigenvalue weighted by atomic mass is 32.1. The van der Waals surface area contributed by atoms with E-state index in [0.717, 1.165) is 11.5 Å². The first-order valence-corrected chi connectivity index (χ1v) is 10.9. The summed E-state index contributed by atoms with van der Waals surface area (Å²) in [4.78, 5) is 17.2. The van der Waals surface area contributed by atoms with Crippen LogP contribution < -0.4 is 10.1 Å². The van der Waals surface area contributed by atoms with E-state index in [4.69, 9.17) is 25.8 Å². The van der Waals surface area contributed by atoms with Gasteiger partial charge in [0.1, 0.15) is 29.1 Å². The molecule has 0 spiro atoms. The Kier molecular flexibility index (Phi) is 5.72. The number of nitrogens with zero attached hydrogens (tertiary/aromatic N) is 3. The van der Waals surface area contributed by atoms with Gasteiger partial charge in [-0.05, 0) is 54.7 Å². The monoisotopic (exact) mass is 476 g/mol. The quantitative estimate of drug-likeness (QED) is 0.223. The van der Waals surface area contributed by atoms with Crippen molar-refractivity contribution in [2.75, 3.05) is 7.11 Å². The molecular formula is C24H20N4O5S. The predicted octanol–water partition coefficient (Wildman–Crippen LogP) is 5.02. The number of methoxy groups -OCH3 is 1. The molecule has 1 N–H and O–H groups in total. The molecule has 1 aliphatic rings. The molecule has 0 saturated carbocycles. The lowest BCUT2D eigenvalue weighted by molar-refractivity contribution is -0.384. The molecule has 0 bridgehead atoms. The largest absolute Gasteiger partial charge is 0.496 e. The molecule has 0 aliphatic carbocycles. The lowest BCUT2D eigenvalue weighted by atomic mass is 10.0. The summed E-state index contributed by atoms with van der Waals surface area (Å²) in [5, 5.41) is 15.1. The summed E-state index contributed by atoms with van der Waals surface area (Å²) in [6.07, 6.45) is 3.36. The lowest BCUT2D eigenvalue weighted by Crippen LogP contribution is -2.28. The average Bonchev–Trinajstić information content (AvgIpc) is 3.61. The fourth-order valence-corrected chi connectivity index (χ4v) is 4.41. The first-order chi connectivity index (χ1) is 16.5. The van der Waals surface area contributed by atoms with Crippen LogP contribution in [0.2, 0.25) is 0 Å². The number of furan rings is 2. The van der Waals surface area contributed by atoms with Crippen LogP contribution >= 0.6 is 12.2 Å². The van der Waals surface area contributed by atoms with Crippen LogP contribution in [0.5, 0.6) is 5.75 Å². The minimum Gasteiger partial charge on any atom is -0.496 e. The Labute approximate surface area is 200 Å². The van der Waals surface area contributed by atoms with Gasteiger partial charge in [-0.2, -0.15) is 0 Å². The molecule has 172 valence electrons. The molecule has 1 fully saturated rings. The van der Waals surface area contributed by atoms with Gasteiger partial charge in [-0.1, -0.05) is 6.07 Å². The predicted molar refractivity (Wildman–Crippen MR) is 127 cm³/mol. The molecule has 1 aromatic carbocycles. The fraction of sp³-hybridized carbons (Fsp3) is 0.167. The molecular weight excluding hydrogens is 456 g/mol. The van der Waals surface area contributed by atoms with E-state index < -0.39 is 4.92 Å². The Morgan fingerprint density at radius 1 is 1.21 bits per heavy atom. The molecule has 4 aromatic rings. The number of nitro benzene ring substituents is 1. The minimum atomic E-state index is -0.463. The first kappa shape index (κ1) is 21.7. The van der Waals surface area contributed by atoms with E-state index in [2.05, 4.69) is 10.3 Å². The summed E-state index contributed by atoms with van der Waals surface area (Å²) in [6.45, 7) is 0.448. The van der Waals surface area contributed by atoms with E-state index in [1.165, 1.54) is 19.2 Å². The first-order valence-electron chi connectivity index (χ1n) is 10.5. The number of nitro groups is 1. The number of aromatic nitrogens is 1. The van der Waals surface area contributed by atoms with Crippen molar-refractivity contribution < 1.29 is 18.5 Å². The summed E-state index contributed by atoms with van der Waals surface area (Å²) in [7, 11) is 1.47. The maximum absolute atomic E-state index is 11.2. The highest BCUT2D eigenvalue weighted by Gasteiger charge is 2.42. The van der Waals surface area contributed by atoms with Gasteiger partial charge < -0.3 is 23.8 Å². The standard InChI is InChI=1S/C24H20N4O5S/c1-31-21-13-15(28(29)30)7-8-17(21)19-9-10-20(33-19)23-22(18-6-2-3-11-25-18)26-24(34)27(23)14-16-5-4-12-32-16/h2-13,22-23H,14H2,1H3,(H,26,34)/t22-,23-/m1/s1. The van der Waals surface area contributed by atoms with Crippen molar-refractivity contribution in [3.63, 3.8) is 0 Å². The lowest BCUT2D eigenvalue weighted by Gasteiger charge is -2.25. The maximum Gasteiger partial charge on any atom is 0.273 e. The van der Waals surface area contributed by atoms with Crippen LogP contribution in [0.15, 0.2) is 82.0 Å². The second-order valence-electron chi connectivity index (χ2n) is 7.68. The van der Waals surface area contributed by atoms with Gasteiger partial charge in [0.2, 0.25) is 0 Å². The van der Waals surface area contributed by atoms with Crippen LogP contribution in [0.3, 0.4) is 0 Å².